The molecule has 0 unspecified atom stereocenters. The number of amides is 1. The van der Waals surface area contributed by atoms with Gasteiger partial charge in [0, 0.05) is 31.4 Å². The van der Waals surface area contributed by atoms with E-state index in [-0.39, 0.29) is 5.91 Å². The van der Waals surface area contributed by atoms with Crippen LogP contribution in [0, 0.1) is 6.92 Å². The van der Waals surface area contributed by atoms with Gasteiger partial charge in [0.1, 0.15) is 11.4 Å². The number of rotatable bonds is 5. The highest BCUT2D eigenvalue weighted by Crippen LogP contribution is 2.28. The van der Waals surface area contributed by atoms with Gasteiger partial charge < -0.3 is 10.2 Å². The number of hydrogen-bond acceptors (Lipinski definition) is 4. The molecule has 0 radical (unpaired) electrons. The van der Waals surface area contributed by atoms with Gasteiger partial charge in [-0.15, -0.1) is 0 Å². The lowest BCUT2D eigenvalue weighted by atomic mass is 9.94. The standard InChI is InChI=1S/C21H28N4O/c1-4-22-21(26)18-14-23-19(16-10-8-9-15(2)13-16)24-20(18)25(3)17-11-6-5-7-12-17/h8-10,13-14,17H,4-7,11-12H2,1-3H3,(H,22,26). The predicted octanol–water partition coefficient (Wildman–Crippen LogP) is 3.97. The number of aromatic nitrogens is 2. The van der Waals surface area contributed by atoms with Gasteiger partial charge in [0.15, 0.2) is 5.82 Å². The first-order chi connectivity index (χ1) is 12.6. The zero-order chi connectivity index (χ0) is 18.5. The fourth-order valence-corrected chi connectivity index (χ4v) is 3.62. The van der Waals surface area contributed by atoms with E-state index in [2.05, 4.69) is 41.3 Å². The Balaban J connectivity index is 2.01. The summed E-state index contributed by atoms with van der Waals surface area (Å²) in [5.41, 5.74) is 2.70. The molecule has 1 aromatic heterocycles. The van der Waals surface area contributed by atoms with Crippen molar-refractivity contribution in [1.82, 2.24) is 15.3 Å². The molecule has 5 nitrogen and oxygen atoms in total. The van der Waals surface area contributed by atoms with Crippen LogP contribution in [0.25, 0.3) is 11.4 Å². The second-order valence-corrected chi connectivity index (χ2v) is 7.06. The number of hydrogen-bond donors (Lipinski definition) is 1. The van der Waals surface area contributed by atoms with Crippen LogP contribution in [-0.2, 0) is 0 Å². The summed E-state index contributed by atoms with van der Waals surface area (Å²) in [5, 5.41) is 2.88. The Kier molecular flexibility index (Phi) is 5.86. The molecule has 1 amide bonds. The Hall–Kier alpha value is -2.43. The van der Waals surface area contributed by atoms with Crippen molar-refractivity contribution in [2.45, 2.75) is 52.0 Å². The molecule has 26 heavy (non-hydrogen) atoms. The van der Waals surface area contributed by atoms with E-state index in [1.165, 1.54) is 24.8 Å². The maximum Gasteiger partial charge on any atom is 0.256 e. The first kappa shape index (κ1) is 18.4. The van der Waals surface area contributed by atoms with E-state index in [0.717, 1.165) is 24.2 Å². The van der Waals surface area contributed by atoms with Gasteiger partial charge in [-0.1, -0.05) is 43.0 Å². The molecule has 1 aliphatic rings. The van der Waals surface area contributed by atoms with Crippen LogP contribution in [0.1, 0.15) is 54.9 Å². The van der Waals surface area contributed by atoms with E-state index in [1.807, 2.05) is 19.1 Å². The molecular weight excluding hydrogens is 324 g/mol. The van der Waals surface area contributed by atoms with Crippen molar-refractivity contribution in [3.63, 3.8) is 0 Å². The highest BCUT2D eigenvalue weighted by atomic mass is 16.1. The Morgan fingerprint density at radius 3 is 2.73 bits per heavy atom. The van der Waals surface area contributed by atoms with Crippen molar-refractivity contribution in [3.8, 4) is 11.4 Å². The molecule has 1 fully saturated rings. The topological polar surface area (TPSA) is 58.1 Å². The van der Waals surface area contributed by atoms with Crippen molar-refractivity contribution >= 4 is 11.7 Å². The number of benzene rings is 1. The number of nitrogens with one attached hydrogen (secondary N) is 1. The fraction of sp³-hybridized carbons (Fsp3) is 0.476. The highest BCUT2D eigenvalue weighted by Gasteiger charge is 2.24. The molecule has 3 rings (SSSR count). The minimum atomic E-state index is -0.110. The van der Waals surface area contributed by atoms with Gasteiger partial charge in [-0.3, -0.25) is 4.79 Å². The number of nitrogens with zero attached hydrogens (tertiary/aromatic N) is 3. The average molecular weight is 352 g/mol. The summed E-state index contributed by atoms with van der Waals surface area (Å²) in [4.78, 5) is 24.0. The normalized spacial score (nSPS) is 14.9. The van der Waals surface area contributed by atoms with Crippen LogP contribution in [0.3, 0.4) is 0 Å². The molecule has 0 spiro atoms. The van der Waals surface area contributed by atoms with Crippen LogP contribution >= 0.6 is 0 Å². The van der Waals surface area contributed by atoms with Gasteiger partial charge in [-0.25, -0.2) is 9.97 Å². The molecule has 0 bridgehead atoms. The van der Waals surface area contributed by atoms with Crippen LogP contribution in [0.15, 0.2) is 30.5 Å². The third-order valence-corrected chi connectivity index (χ3v) is 5.08. The van der Waals surface area contributed by atoms with Gasteiger partial charge >= 0.3 is 0 Å². The second-order valence-electron chi connectivity index (χ2n) is 7.06. The van der Waals surface area contributed by atoms with Crippen molar-refractivity contribution in [3.05, 3.63) is 41.6 Å². The molecule has 0 atom stereocenters. The smallest absolute Gasteiger partial charge is 0.256 e. The maximum absolute atomic E-state index is 12.5. The molecule has 1 aromatic carbocycles. The van der Waals surface area contributed by atoms with Crippen molar-refractivity contribution < 1.29 is 4.79 Å². The minimum absolute atomic E-state index is 0.110. The first-order valence-corrected chi connectivity index (χ1v) is 9.55. The van der Waals surface area contributed by atoms with E-state index in [9.17, 15) is 4.79 Å². The second kappa shape index (κ2) is 8.30. The molecule has 5 heteroatoms. The Labute approximate surface area is 155 Å². The lowest BCUT2D eigenvalue weighted by molar-refractivity contribution is 0.0955. The average Bonchev–Trinajstić information content (AvgIpc) is 2.68. The molecule has 1 saturated carbocycles. The van der Waals surface area contributed by atoms with Crippen molar-refractivity contribution in [2.75, 3.05) is 18.5 Å². The van der Waals surface area contributed by atoms with E-state index in [1.54, 1.807) is 6.20 Å². The molecule has 0 saturated heterocycles. The summed E-state index contributed by atoms with van der Waals surface area (Å²) in [5.74, 6) is 1.29. The van der Waals surface area contributed by atoms with Crippen LogP contribution < -0.4 is 10.2 Å². The summed E-state index contributed by atoms with van der Waals surface area (Å²) in [6.07, 6.45) is 7.74. The first-order valence-electron chi connectivity index (χ1n) is 9.55. The van der Waals surface area contributed by atoms with Gasteiger partial charge in [0.2, 0.25) is 0 Å². The van der Waals surface area contributed by atoms with Gasteiger partial charge in [0.25, 0.3) is 5.91 Å². The van der Waals surface area contributed by atoms with Crippen LogP contribution in [0.4, 0.5) is 5.82 Å². The molecule has 1 aliphatic carbocycles. The number of aryl methyl sites for hydroxylation is 1. The highest BCUT2D eigenvalue weighted by molar-refractivity contribution is 5.98. The molecule has 0 aliphatic heterocycles. The van der Waals surface area contributed by atoms with Crippen LogP contribution in [0.5, 0.6) is 0 Å². The van der Waals surface area contributed by atoms with Gasteiger partial charge in [-0.2, -0.15) is 0 Å². The summed E-state index contributed by atoms with van der Waals surface area (Å²) in [6.45, 7) is 4.57. The van der Waals surface area contributed by atoms with Gasteiger partial charge in [-0.05, 0) is 32.8 Å². The summed E-state index contributed by atoms with van der Waals surface area (Å²) >= 11 is 0. The molecule has 2 aromatic rings. The van der Waals surface area contributed by atoms with E-state index < -0.39 is 0 Å². The molecule has 1 heterocycles. The SMILES string of the molecule is CCNC(=O)c1cnc(-c2cccc(C)c2)nc1N(C)C1CCCCC1. The zero-order valence-electron chi connectivity index (χ0n) is 16.0. The number of anilines is 1. The Morgan fingerprint density at radius 2 is 2.04 bits per heavy atom. The predicted molar refractivity (Wildman–Crippen MR) is 105 cm³/mol. The minimum Gasteiger partial charge on any atom is -0.356 e. The van der Waals surface area contributed by atoms with E-state index in [4.69, 9.17) is 4.98 Å². The third kappa shape index (κ3) is 4.03. The largest absolute Gasteiger partial charge is 0.356 e. The monoisotopic (exact) mass is 352 g/mol. The zero-order valence-corrected chi connectivity index (χ0v) is 16.0. The summed E-state index contributed by atoms with van der Waals surface area (Å²) in [6, 6.07) is 8.58. The van der Waals surface area contributed by atoms with E-state index >= 15 is 0 Å². The van der Waals surface area contributed by atoms with Gasteiger partial charge in [0.05, 0.1) is 0 Å². The molecular formula is C21H28N4O. The number of carbonyl (C=O) groups is 1. The van der Waals surface area contributed by atoms with E-state index in [0.29, 0.717) is 24.0 Å². The summed E-state index contributed by atoms with van der Waals surface area (Å²) < 4.78 is 0. The molecule has 1 N–H and O–H groups in total. The van der Waals surface area contributed by atoms with Crippen molar-refractivity contribution in [1.29, 1.82) is 0 Å². The Morgan fingerprint density at radius 1 is 1.27 bits per heavy atom. The van der Waals surface area contributed by atoms with Crippen LogP contribution in [0.2, 0.25) is 0 Å². The number of carbonyl (C=O) groups excluding carboxylic acids is 1. The third-order valence-electron chi connectivity index (χ3n) is 5.08. The fourth-order valence-electron chi connectivity index (χ4n) is 3.62. The molecule has 138 valence electrons. The lowest BCUT2D eigenvalue weighted by Crippen LogP contribution is -2.36. The van der Waals surface area contributed by atoms with Crippen LogP contribution in [-0.4, -0.2) is 35.5 Å². The summed E-state index contributed by atoms with van der Waals surface area (Å²) in [7, 11) is 2.06. The van der Waals surface area contributed by atoms with Crippen molar-refractivity contribution in [2.24, 2.45) is 0 Å². The Bertz CT molecular complexity index is 768. The lowest BCUT2D eigenvalue weighted by Gasteiger charge is -2.33. The maximum atomic E-state index is 12.5. The quantitative estimate of drug-likeness (QED) is 0.884.